The molecule has 1 aliphatic heterocycles. The molecule has 8 nitrogen and oxygen atoms in total. The maximum absolute atomic E-state index is 13.1. The van der Waals surface area contributed by atoms with E-state index in [-0.39, 0.29) is 18.1 Å². The Hall–Kier alpha value is -3.55. The summed E-state index contributed by atoms with van der Waals surface area (Å²) in [6.07, 6.45) is 3.26. The molecule has 1 aromatic carbocycles. The summed E-state index contributed by atoms with van der Waals surface area (Å²) in [6, 6.07) is 8.55. The van der Waals surface area contributed by atoms with Crippen LogP contribution in [-0.2, 0) is 4.79 Å². The van der Waals surface area contributed by atoms with Gasteiger partial charge >= 0.3 is 0 Å². The number of aryl methyl sites for hydroxylation is 1. The second-order valence-electron chi connectivity index (χ2n) is 6.21. The number of methoxy groups -OCH3 is 1. The molecule has 1 amide bonds. The number of fused-ring (bicyclic) bond motifs is 1. The van der Waals surface area contributed by atoms with Gasteiger partial charge in [-0.3, -0.25) is 9.59 Å². The van der Waals surface area contributed by atoms with Gasteiger partial charge in [-0.25, -0.2) is 9.97 Å². The summed E-state index contributed by atoms with van der Waals surface area (Å²) in [5, 5.41) is 7.27. The summed E-state index contributed by atoms with van der Waals surface area (Å²) in [7, 11) is 1.57. The molecule has 3 heterocycles. The molecule has 3 aromatic rings. The zero-order valence-electron chi connectivity index (χ0n) is 14.8. The molecular formula is C19H17N5O3. The number of Topliss-reactive ketones (excluding diaryl/α,β-unsaturated/α-hetero) is 1. The van der Waals surface area contributed by atoms with Gasteiger partial charge in [0.1, 0.15) is 11.6 Å². The standard InChI is InChI=1S/C19H17N5O3/c1-11-16-14(17(26)12-4-6-13(27-2)7-5-12)10-15(25)22-18(16)24(23-11)19-20-8-3-9-21-19/h3-9,14H,10H2,1-2H3,(H,22,25). The summed E-state index contributed by atoms with van der Waals surface area (Å²) in [5.41, 5.74) is 1.87. The number of aromatic nitrogens is 4. The van der Waals surface area contributed by atoms with E-state index in [0.29, 0.717) is 34.3 Å². The van der Waals surface area contributed by atoms with Crippen LogP contribution < -0.4 is 10.1 Å². The number of nitrogens with zero attached hydrogens (tertiary/aromatic N) is 4. The first-order valence-corrected chi connectivity index (χ1v) is 8.43. The third kappa shape index (κ3) is 2.95. The van der Waals surface area contributed by atoms with Gasteiger partial charge in [-0.15, -0.1) is 0 Å². The number of rotatable bonds is 4. The van der Waals surface area contributed by atoms with Gasteiger partial charge in [0.25, 0.3) is 5.95 Å². The van der Waals surface area contributed by atoms with Crippen molar-refractivity contribution < 1.29 is 14.3 Å². The van der Waals surface area contributed by atoms with E-state index in [2.05, 4.69) is 20.4 Å². The number of nitrogens with one attached hydrogen (secondary N) is 1. The molecule has 0 aliphatic carbocycles. The monoisotopic (exact) mass is 363 g/mol. The Morgan fingerprint density at radius 1 is 1.22 bits per heavy atom. The van der Waals surface area contributed by atoms with Crippen LogP contribution in [0.1, 0.15) is 34.0 Å². The summed E-state index contributed by atoms with van der Waals surface area (Å²) in [5.74, 6) is 0.455. The highest BCUT2D eigenvalue weighted by Crippen LogP contribution is 2.37. The first kappa shape index (κ1) is 16.9. The van der Waals surface area contributed by atoms with Crippen LogP contribution in [0.15, 0.2) is 42.7 Å². The average molecular weight is 363 g/mol. The maximum atomic E-state index is 13.1. The number of hydrogen-bond acceptors (Lipinski definition) is 6. The fraction of sp³-hybridized carbons (Fsp3) is 0.211. The van der Waals surface area contributed by atoms with E-state index >= 15 is 0 Å². The van der Waals surface area contributed by atoms with Crippen molar-refractivity contribution in [2.45, 2.75) is 19.3 Å². The van der Waals surface area contributed by atoms with E-state index in [1.807, 2.05) is 6.92 Å². The molecule has 0 spiro atoms. The van der Waals surface area contributed by atoms with Gasteiger partial charge in [0.2, 0.25) is 5.91 Å². The summed E-state index contributed by atoms with van der Waals surface area (Å²) >= 11 is 0. The van der Waals surface area contributed by atoms with E-state index in [0.717, 1.165) is 0 Å². The smallest absolute Gasteiger partial charge is 0.252 e. The number of carbonyl (C=O) groups is 2. The van der Waals surface area contributed by atoms with E-state index in [1.165, 1.54) is 4.68 Å². The van der Waals surface area contributed by atoms with Gasteiger partial charge < -0.3 is 10.1 Å². The first-order chi connectivity index (χ1) is 13.1. The summed E-state index contributed by atoms with van der Waals surface area (Å²) < 4.78 is 6.60. The highest BCUT2D eigenvalue weighted by Gasteiger charge is 2.36. The molecule has 27 heavy (non-hydrogen) atoms. The SMILES string of the molecule is COc1ccc(C(=O)C2CC(=O)Nc3c2c(C)nn3-c2ncccn2)cc1. The Kier molecular flexibility index (Phi) is 4.15. The Bertz CT molecular complexity index is 1010. The lowest BCUT2D eigenvalue weighted by Gasteiger charge is -2.22. The van der Waals surface area contributed by atoms with Crippen molar-refractivity contribution in [2.75, 3.05) is 12.4 Å². The molecule has 1 aliphatic rings. The van der Waals surface area contributed by atoms with Crippen LogP contribution in [0.2, 0.25) is 0 Å². The number of ketones is 1. The van der Waals surface area contributed by atoms with Crippen molar-refractivity contribution in [3.05, 3.63) is 59.5 Å². The minimum atomic E-state index is -0.611. The number of benzene rings is 1. The highest BCUT2D eigenvalue weighted by molar-refractivity contribution is 6.08. The van der Waals surface area contributed by atoms with Crippen LogP contribution in [0.4, 0.5) is 5.82 Å². The Morgan fingerprint density at radius 3 is 2.59 bits per heavy atom. The molecule has 1 N–H and O–H groups in total. The first-order valence-electron chi connectivity index (χ1n) is 8.43. The molecule has 8 heteroatoms. The second kappa shape index (κ2) is 6.64. The molecule has 1 atom stereocenters. The molecule has 4 rings (SSSR count). The van der Waals surface area contributed by atoms with Crippen LogP contribution in [0, 0.1) is 6.92 Å². The molecule has 136 valence electrons. The van der Waals surface area contributed by atoms with Gasteiger partial charge in [0.05, 0.1) is 18.7 Å². The van der Waals surface area contributed by atoms with Gasteiger partial charge in [0.15, 0.2) is 5.78 Å². The normalized spacial score (nSPS) is 15.8. The maximum Gasteiger partial charge on any atom is 0.252 e. The van der Waals surface area contributed by atoms with Gasteiger partial charge in [-0.1, -0.05) is 0 Å². The Morgan fingerprint density at radius 2 is 1.93 bits per heavy atom. The number of carbonyl (C=O) groups excluding carboxylic acids is 2. The number of amides is 1. The van der Waals surface area contributed by atoms with Crippen LogP contribution in [0.3, 0.4) is 0 Å². The largest absolute Gasteiger partial charge is 0.497 e. The Labute approximate surface area is 155 Å². The quantitative estimate of drug-likeness (QED) is 0.714. The predicted molar refractivity (Wildman–Crippen MR) is 97.2 cm³/mol. The molecular weight excluding hydrogens is 346 g/mol. The van der Waals surface area contributed by atoms with Gasteiger partial charge in [0, 0.05) is 29.9 Å². The fourth-order valence-electron chi connectivity index (χ4n) is 3.27. The number of ether oxygens (including phenoxy) is 1. The van der Waals surface area contributed by atoms with E-state index in [1.54, 1.807) is 49.8 Å². The lowest BCUT2D eigenvalue weighted by atomic mass is 9.85. The zero-order valence-corrected chi connectivity index (χ0v) is 14.8. The van der Waals surface area contributed by atoms with Gasteiger partial charge in [-0.05, 0) is 37.3 Å². The van der Waals surface area contributed by atoms with Crippen LogP contribution in [0.25, 0.3) is 5.95 Å². The molecule has 0 radical (unpaired) electrons. The third-order valence-electron chi connectivity index (χ3n) is 4.54. The lowest BCUT2D eigenvalue weighted by Crippen LogP contribution is -2.28. The average Bonchev–Trinajstić information content (AvgIpc) is 3.04. The van der Waals surface area contributed by atoms with Crippen molar-refractivity contribution in [2.24, 2.45) is 0 Å². The minimum absolute atomic E-state index is 0.0695. The number of anilines is 1. The van der Waals surface area contributed by atoms with E-state index in [9.17, 15) is 9.59 Å². The van der Waals surface area contributed by atoms with Crippen molar-refractivity contribution in [1.29, 1.82) is 0 Å². The molecule has 0 fully saturated rings. The van der Waals surface area contributed by atoms with E-state index < -0.39 is 5.92 Å². The molecule has 0 bridgehead atoms. The fourth-order valence-corrected chi connectivity index (χ4v) is 3.27. The van der Waals surface area contributed by atoms with Crippen LogP contribution >= 0.6 is 0 Å². The molecule has 0 saturated carbocycles. The van der Waals surface area contributed by atoms with Crippen molar-refractivity contribution in [1.82, 2.24) is 19.7 Å². The molecule has 0 saturated heterocycles. The zero-order chi connectivity index (χ0) is 19.0. The van der Waals surface area contributed by atoms with Crippen molar-refractivity contribution in [3.63, 3.8) is 0 Å². The number of hydrogen-bond donors (Lipinski definition) is 1. The van der Waals surface area contributed by atoms with Crippen molar-refractivity contribution >= 4 is 17.5 Å². The highest BCUT2D eigenvalue weighted by atomic mass is 16.5. The molecule has 1 unspecified atom stereocenters. The predicted octanol–water partition coefficient (Wildman–Crippen LogP) is 2.29. The second-order valence-corrected chi connectivity index (χ2v) is 6.21. The van der Waals surface area contributed by atoms with Crippen LogP contribution in [0.5, 0.6) is 5.75 Å². The minimum Gasteiger partial charge on any atom is -0.497 e. The topological polar surface area (TPSA) is 99.0 Å². The Balaban J connectivity index is 1.78. The van der Waals surface area contributed by atoms with Gasteiger partial charge in [-0.2, -0.15) is 9.78 Å². The summed E-state index contributed by atoms with van der Waals surface area (Å²) in [4.78, 5) is 33.8. The van der Waals surface area contributed by atoms with Crippen LogP contribution in [-0.4, -0.2) is 38.5 Å². The van der Waals surface area contributed by atoms with Crippen molar-refractivity contribution in [3.8, 4) is 11.7 Å². The lowest BCUT2D eigenvalue weighted by molar-refractivity contribution is -0.116. The van der Waals surface area contributed by atoms with E-state index in [4.69, 9.17) is 4.74 Å². The molecule has 2 aromatic heterocycles. The third-order valence-corrected chi connectivity index (χ3v) is 4.54. The summed E-state index contributed by atoms with van der Waals surface area (Å²) in [6.45, 7) is 1.81.